The number of esters is 2. The van der Waals surface area contributed by atoms with Gasteiger partial charge in [-0.2, -0.15) is 0 Å². The topological polar surface area (TPSA) is 111 Å². The molecular weight excluding hydrogens is 887 g/mol. The minimum Gasteiger partial charge on any atom is -0.545 e. The molecule has 0 aromatic rings. The summed E-state index contributed by atoms with van der Waals surface area (Å²) in [7, 11) is 5.90. The van der Waals surface area contributed by atoms with E-state index in [1.807, 2.05) is 21.1 Å². The van der Waals surface area contributed by atoms with Crippen LogP contribution in [-0.4, -0.2) is 82.3 Å². The van der Waals surface area contributed by atoms with Crippen molar-refractivity contribution in [1.29, 1.82) is 0 Å². The molecule has 0 rings (SSSR count). The van der Waals surface area contributed by atoms with E-state index in [-0.39, 0.29) is 38.6 Å². The Morgan fingerprint density at radius 1 is 0.437 bits per heavy atom. The van der Waals surface area contributed by atoms with Gasteiger partial charge in [-0.1, -0.05) is 220 Å². The number of hydrogen-bond acceptors (Lipinski definition) is 8. The maximum atomic E-state index is 12.8. The minimum absolute atomic E-state index is 0.141. The molecule has 0 aromatic carbocycles. The average molecular weight is 991 g/mol. The van der Waals surface area contributed by atoms with Crippen LogP contribution in [-0.2, 0) is 33.3 Å². The number of carbonyl (C=O) groups excluding carboxylic acids is 3. The minimum atomic E-state index is -1.63. The van der Waals surface area contributed by atoms with Crippen molar-refractivity contribution in [3.8, 4) is 0 Å². The van der Waals surface area contributed by atoms with E-state index in [1.54, 1.807) is 0 Å². The van der Waals surface area contributed by atoms with Crippen molar-refractivity contribution in [3.63, 3.8) is 0 Å². The fraction of sp³-hybridized carbons (Fsp3) is 0.661. The summed E-state index contributed by atoms with van der Waals surface area (Å²) in [5.41, 5.74) is 0. The second kappa shape index (κ2) is 52.3. The first kappa shape index (κ1) is 67.0. The van der Waals surface area contributed by atoms with E-state index in [2.05, 4.69) is 123 Å². The average Bonchev–Trinajstić information content (AvgIpc) is 3.34. The maximum absolute atomic E-state index is 12.8. The van der Waals surface area contributed by atoms with Gasteiger partial charge in [0.05, 0.1) is 40.3 Å². The Labute approximate surface area is 434 Å². The molecule has 0 fully saturated rings. The van der Waals surface area contributed by atoms with Crippen LogP contribution in [0.2, 0.25) is 0 Å². The van der Waals surface area contributed by atoms with Crippen LogP contribution in [0, 0.1) is 0 Å². The number of allylic oxidation sites excluding steroid dienone is 18. The summed E-state index contributed by atoms with van der Waals surface area (Å²) in [6.45, 7) is 4.59. The molecule has 0 amide bonds. The second-order valence-electron chi connectivity index (χ2n) is 19.5. The van der Waals surface area contributed by atoms with Crippen LogP contribution in [0.1, 0.15) is 206 Å². The van der Waals surface area contributed by atoms with Crippen LogP contribution >= 0.6 is 0 Å². The quantitative estimate of drug-likeness (QED) is 0.0195. The highest BCUT2D eigenvalue weighted by Crippen LogP contribution is 2.14. The van der Waals surface area contributed by atoms with E-state index >= 15 is 0 Å². The van der Waals surface area contributed by atoms with Crippen LogP contribution in [0.25, 0.3) is 0 Å². The number of carboxylic acid groups (broad SMARTS) is 1. The second-order valence-corrected chi connectivity index (χ2v) is 19.5. The summed E-state index contributed by atoms with van der Waals surface area (Å²) >= 11 is 0. The normalized spacial score (nSPS) is 13.6. The van der Waals surface area contributed by atoms with E-state index in [4.69, 9.17) is 18.9 Å². The van der Waals surface area contributed by atoms with Gasteiger partial charge in [0.2, 0.25) is 0 Å². The van der Waals surface area contributed by atoms with Crippen molar-refractivity contribution < 1.29 is 42.9 Å². The van der Waals surface area contributed by atoms with Gasteiger partial charge in [-0.3, -0.25) is 9.59 Å². The Kier molecular flexibility index (Phi) is 49.3. The van der Waals surface area contributed by atoms with E-state index in [9.17, 15) is 19.5 Å². The fourth-order valence-corrected chi connectivity index (χ4v) is 7.23. The van der Waals surface area contributed by atoms with Crippen molar-refractivity contribution in [2.75, 3.05) is 47.5 Å². The van der Waals surface area contributed by atoms with Gasteiger partial charge in [-0.15, -0.1) is 0 Å². The van der Waals surface area contributed by atoms with Crippen molar-refractivity contribution in [2.24, 2.45) is 0 Å². The molecule has 0 aliphatic heterocycles. The van der Waals surface area contributed by atoms with Gasteiger partial charge in [0.1, 0.15) is 13.2 Å². The molecule has 0 spiro atoms. The summed E-state index contributed by atoms with van der Waals surface area (Å²) in [4.78, 5) is 37.1. The van der Waals surface area contributed by atoms with E-state index in [1.165, 1.54) is 70.6 Å². The number of nitrogens with zero attached hydrogens (tertiary/aromatic N) is 1. The molecule has 2 unspecified atom stereocenters. The predicted octanol–water partition coefficient (Wildman–Crippen LogP) is 15.0. The molecule has 0 bridgehead atoms. The summed E-state index contributed by atoms with van der Waals surface area (Å²) < 4.78 is 22.6. The Morgan fingerprint density at radius 2 is 0.803 bits per heavy atom. The molecule has 9 nitrogen and oxygen atoms in total. The lowest BCUT2D eigenvalue weighted by Gasteiger charge is -2.26. The Bertz CT molecular complexity index is 1530. The predicted molar refractivity (Wildman–Crippen MR) is 297 cm³/mol. The van der Waals surface area contributed by atoms with E-state index in [0.29, 0.717) is 17.4 Å². The molecule has 71 heavy (non-hydrogen) atoms. The van der Waals surface area contributed by atoms with Gasteiger partial charge in [0, 0.05) is 12.8 Å². The molecule has 0 aliphatic carbocycles. The zero-order valence-electron chi connectivity index (χ0n) is 45.8. The smallest absolute Gasteiger partial charge is 0.306 e. The monoisotopic (exact) mass is 990 g/mol. The highest BCUT2D eigenvalue weighted by molar-refractivity contribution is 5.70. The summed E-state index contributed by atoms with van der Waals surface area (Å²) in [5.74, 6) is -2.31. The maximum Gasteiger partial charge on any atom is 0.306 e. The zero-order valence-corrected chi connectivity index (χ0v) is 45.8. The molecule has 0 radical (unpaired) electrons. The Morgan fingerprint density at radius 3 is 1.20 bits per heavy atom. The lowest BCUT2D eigenvalue weighted by atomic mass is 10.1. The number of unbranched alkanes of at least 4 members (excludes halogenated alkanes) is 17. The number of carbonyl (C=O) groups is 3. The lowest BCUT2D eigenvalue weighted by molar-refractivity contribution is -0.870. The van der Waals surface area contributed by atoms with Gasteiger partial charge in [-0.25, -0.2) is 0 Å². The first-order valence-electron chi connectivity index (χ1n) is 28.0. The van der Waals surface area contributed by atoms with Crippen LogP contribution < -0.4 is 5.11 Å². The van der Waals surface area contributed by atoms with Crippen molar-refractivity contribution >= 4 is 17.9 Å². The largest absolute Gasteiger partial charge is 0.545 e. The van der Waals surface area contributed by atoms with E-state index in [0.717, 1.165) is 103 Å². The molecule has 404 valence electrons. The molecule has 0 N–H and O–H groups in total. The third kappa shape index (κ3) is 53.6. The molecule has 0 saturated heterocycles. The Balaban J connectivity index is 4.21. The SMILES string of the molecule is CC/C=C\C/C=C\C/C=C\C/C=C\C/C=C\C/C=C\C/C=C\C/C=C\C/C=C\CCCCCCCCCC(=O)OC(COC(=O)CCCCCCCCCCCCC)COC(OCC[N+](C)(C)C)C(=O)[O-]. The van der Waals surface area contributed by atoms with Gasteiger partial charge in [-0.05, 0) is 83.5 Å². The van der Waals surface area contributed by atoms with Gasteiger partial charge in [0.25, 0.3) is 0 Å². The molecule has 0 aromatic heterocycles. The number of hydrogen-bond donors (Lipinski definition) is 0. The standard InChI is InChI=1S/C62H103NO8/c1-6-8-10-12-14-16-18-19-20-21-22-23-24-25-26-27-28-29-30-31-32-33-34-35-36-37-38-39-40-41-43-45-47-49-51-53-60(65)71-58(57-70-62(61(66)67)68-55-54-63(3,4)5)56-69-59(64)52-50-48-46-44-42-17-15-13-11-9-7-2/h8,10,14,16,19-20,22-23,25-26,28-29,31-32,34-35,37-38,58,62H,6-7,9,11-13,15,17-18,21,24,27,30,33,36,39-57H2,1-5H3/b10-8-,16-14-,20-19-,23-22-,26-25-,29-28-,32-31-,35-34-,38-37-. The number of carboxylic acids is 1. The van der Waals surface area contributed by atoms with Crippen molar-refractivity contribution in [2.45, 2.75) is 219 Å². The van der Waals surface area contributed by atoms with Crippen molar-refractivity contribution in [3.05, 3.63) is 109 Å². The lowest BCUT2D eigenvalue weighted by Crippen LogP contribution is -2.44. The number of aliphatic carboxylic acids is 1. The first-order valence-corrected chi connectivity index (χ1v) is 28.0. The van der Waals surface area contributed by atoms with Gasteiger partial charge < -0.3 is 33.3 Å². The van der Waals surface area contributed by atoms with Crippen LogP contribution in [0.15, 0.2) is 109 Å². The molecule has 9 heteroatoms. The third-order valence-electron chi connectivity index (χ3n) is 11.5. The third-order valence-corrected chi connectivity index (χ3v) is 11.5. The number of likely N-dealkylation sites (N-methyl/N-ethyl adjacent to an activating group) is 1. The van der Waals surface area contributed by atoms with Crippen LogP contribution in [0.3, 0.4) is 0 Å². The molecule has 0 saturated carbocycles. The molecule has 2 atom stereocenters. The van der Waals surface area contributed by atoms with Crippen LogP contribution in [0.4, 0.5) is 0 Å². The summed E-state index contributed by atoms with van der Waals surface area (Å²) in [6, 6.07) is 0. The van der Waals surface area contributed by atoms with Gasteiger partial charge in [0.15, 0.2) is 12.4 Å². The molecular formula is C62H103NO8. The first-order chi connectivity index (χ1) is 34.6. The summed E-state index contributed by atoms with van der Waals surface area (Å²) in [6.07, 6.45) is 68.5. The van der Waals surface area contributed by atoms with Crippen molar-refractivity contribution in [1.82, 2.24) is 0 Å². The zero-order chi connectivity index (χ0) is 52.0. The molecule has 0 aliphatic rings. The number of ether oxygens (including phenoxy) is 4. The van der Waals surface area contributed by atoms with E-state index < -0.39 is 24.3 Å². The number of quaternary nitrogens is 1. The fourth-order valence-electron chi connectivity index (χ4n) is 7.23. The summed E-state index contributed by atoms with van der Waals surface area (Å²) in [5, 5.41) is 11.7. The highest BCUT2D eigenvalue weighted by Gasteiger charge is 2.22. The Hall–Kier alpha value is -4.05. The van der Waals surface area contributed by atoms with Gasteiger partial charge >= 0.3 is 11.9 Å². The van der Waals surface area contributed by atoms with Crippen LogP contribution in [0.5, 0.6) is 0 Å². The number of rotatable bonds is 50. The highest BCUT2D eigenvalue weighted by atomic mass is 16.7. The molecule has 0 heterocycles.